The topological polar surface area (TPSA) is 61.2 Å². The van der Waals surface area contributed by atoms with Crippen molar-refractivity contribution in [3.8, 4) is 0 Å². The molecule has 2 heterocycles. The van der Waals surface area contributed by atoms with Crippen LogP contribution in [0.4, 0.5) is 5.82 Å². The summed E-state index contributed by atoms with van der Waals surface area (Å²) in [7, 11) is 0. The normalized spacial score (nSPS) is 21.9. The molecular formula is C14H25N5. The highest BCUT2D eigenvalue weighted by Crippen LogP contribution is 2.39. The second kappa shape index (κ2) is 4.80. The molecule has 0 radical (unpaired) electrons. The van der Waals surface area contributed by atoms with Gasteiger partial charge in [0.25, 0.3) is 0 Å². The van der Waals surface area contributed by atoms with Gasteiger partial charge in [0.05, 0.1) is 0 Å². The van der Waals surface area contributed by atoms with Gasteiger partial charge in [-0.15, -0.1) is 0 Å². The highest BCUT2D eigenvalue weighted by atomic mass is 15.3. The van der Waals surface area contributed by atoms with Crippen LogP contribution < -0.4 is 10.6 Å². The van der Waals surface area contributed by atoms with Crippen LogP contribution in [0, 0.1) is 0 Å². The van der Waals surface area contributed by atoms with Gasteiger partial charge < -0.3 is 10.6 Å². The van der Waals surface area contributed by atoms with Crippen molar-refractivity contribution in [3.05, 3.63) is 11.8 Å². The first kappa shape index (κ1) is 12.9. The maximum atomic E-state index is 6.08. The Labute approximate surface area is 115 Å². The summed E-state index contributed by atoms with van der Waals surface area (Å²) >= 11 is 0. The van der Waals surface area contributed by atoms with E-state index in [9.17, 15) is 0 Å². The van der Waals surface area contributed by atoms with E-state index < -0.39 is 0 Å². The van der Waals surface area contributed by atoms with Crippen molar-refractivity contribution in [1.29, 1.82) is 0 Å². The van der Waals surface area contributed by atoms with Gasteiger partial charge in [0.1, 0.15) is 0 Å². The van der Waals surface area contributed by atoms with E-state index in [1.807, 2.05) is 0 Å². The fourth-order valence-electron chi connectivity index (χ4n) is 2.80. The Balaban J connectivity index is 1.54. The van der Waals surface area contributed by atoms with Gasteiger partial charge in [-0.25, -0.2) is 0 Å². The molecule has 5 nitrogen and oxygen atoms in total. The van der Waals surface area contributed by atoms with Crippen LogP contribution in [0.1, 0.15) is 38.3 Å². The summed E-state index contributed by atoms with van der Waals surface area (Å²) in [6.45, 7) is 9.40. The monoisotopic (exact) mass is 263 g/mol. The van der Waals surface area contributed by atoms with E-state index >= 15 is 0 Å². The summed E-state index contributed by atoms with van der Waals surface area (Å²) in [6.07, 6.45) is 2.64. The lowest BCUT2D eigenvalue weighted by Gasteiger charge is -2.37. The van der Waals surface area contributed by atoms with E-state index in [-0.39, 0.29) is 5.54 Å². The molecule has 1 aromatic rings. The summed E-state index contributed by atoms with van der Waals surface area (Å²) in [5, 5.41) is 7.65. The standard InChI is InChI=1S/C14H25N5/c1-14(2,15)10-18-5-7-19(8-6-18)13-9-12(16-17-13)11-3-4-11/h9,11H,3-8,10,15H2,1-2H3,(H,16,17). The van der Waals surface area contributed by atoms with Crippen LogP contribution in [0.3, 0.4) is 0 Å². The van der Waals surface area contributed by atoms with Crippen molar-refractivity contribution in [2.75, 3.05) is 37.6 Å². The van der Waals surface area contributed by atoms with Crippen LogP contribution in [0.2, 0.25) is 0 Å². The van der Waals surface area contributed by atoms with E-state index in [1.165, 1.54) is 18.5 Å². The Morgan fingerprint density at radius 3 is 2.58 bits per heavy atom. The number of aromatic amines is 1. The molecule has 1 saturated carbocycles. The molecule has 0 bridgehead atoms. The summed E-state index contributed by atoms with van der Waals surface area (Å²) < 4.78 is 0. The summed E-state index contributed by atoms with van der Waals surface area (Å²) in [4.78, 5) is 4.83. The van der Waals surface area contributed by atoms with Gasteiger partial charge in [-0.1, -0.05) is 0 Å². The van der Waals surface area contributed by atoms with E-state index in [1.54, 1.807) is 0 Å². The molecule has 1 aliphatic carbocycles. The minimum Gasteiger partial charge on any atom is -0.353 e. The third-order valence-corrected chi connectivity index (χ3v) is 3.93. The van der Waals surface area contributed by atoms with Crippen LogP contribution in [0.25, 0.3) is 0 Å². The molecule has 0 spiro atoms. The molecule has 19 heavy (non-hydrogen) atoms. The zero-order chi connectivity index (χ0) is 13.5. The third kappa shape index (κ3) is 3.28. The lowest BCUT2D eigenvalue weighted by molar-refractivity contribution is 0.214. The van der Waals surface area contributed by atoms with Gasteiger partial charge in [-0.05, 0) is 26.7 Å². The Kier molecular flexibility index (Phi) is 3.27. The van der Waals surface area contributed by atoms with E-state index in [2.05, 4.69) is 39.9 Å². The fourth-order valence-corrected chi connectivity index (χ4v) is 2.80. The number of nitrogens with two attached hydrogens (primary N) is 1. The zero-order valence-corrected chi connectivity index (χ0v) is 12.0. The summed E-state index contributed by atoms with van der Waals surface area (Å²) in [5.41, 5.74) is 7.30. The number of H-pyrrole nitrogens is 1. The maximum Gasteiger partial charge on any atom is 0.150 e. The molecular weight excluding hydrogens is 238 g/mol. The first-order valence-corrected chi connectivity index (χ1v) is 7.33. The molecule has 1 aliphatic heterocycles. The Morgan fingerprint density at radius 2 is 2.00 bits per heavy atom. The van der Waals surface area contributed by atoms with E-state index in [4.69, 9.17) is 5.73 Å². The quantitative estimate of drug-likeness (QED) is 0.855. The number of hydrogen-bond donors (Lipinski definition) is 2. The molecule has 106 valence electrons. The number of aromatic nitrogens is 2. The predicted molar refractivity (Wildman–Crippen MR) is 77.5 cm³/mol. The molecule has 0 amide bonds. The van der Waals surface area contributed by atoms with Crippen LogP contribution in [-0.2, 0) is 0 Å². The van der Waals surface area contributed by atoms with Gasteiger partial charge in [-0.2, -0.15) is 5.10 Å². The Bertz CT molecular complexity index is 421. The van der Waals surface area contributed by atoms with Crippen LogP contribution in [-0.4, -0.2) is 53.4 Å². The SMILES string of the molecule is CC(C)(N)CN1CCN(c2cc(C3CC3)[nH]n2)CC1. The lowest BCUT2D eigenvalue weighted by Crippen LogP contribution is -2.53. The third-order valence-electron chi connectivity index (χ3n) is 3.93. The minimum absolute atomic E-state index is 0.104. The van der Waals surface area contributed by atoms with Gasteiger partial charge in [-0.3, -0.25) is 10.00 Å². The molecule has 2 aliphatic rings. The molecule has 3 rings (SSSR count). The smallest absolute Gasteiger partial charge is 0.150 e. The van der Waals surface area contributed by atoms with Crippen molar-refractivity contribution in [1.82, 2.24) is 15.1 Å². The average molecular weight is 263 g/mol. The van der Waals surface area contributed by atoms with Crippen molar-refractivity contribution >= 4 is 5.82 Å². The molecule has 2 fully saturated rings. The predicted octanol–water partition coefficient (Wildman–Crippen LogP) is 1.15. The van der Waals surface area contributed by atoms with Gasteiger partial charge in [0, 0.05) is 55.9 Å². The molecule has 0 atom stereocenters. The highest BCUT2D eigenvalue weighted by molar-refractivity contribution is 5.41. The average Bonchev–Trinajstić information content (AvgIpc) is 3.07. The number of hydrogen-bond acceptors (Lipinski definition) is 4. The number of nitrogens with zero attached hydrogens (tertiary/aromatic N) is 3. The molecule has 1 aromatic heterocycles. The van der Waals surface area contributed by atoms with Crippen LogP contribution >= 0.6 is 0 Å². The van der Waals surface area contributed by atoms with Crippen molar-refractivity contribution in [3.63, 3.8) is 0 Å². The first-order chi connectivity index (χ1) is 9.01. The first-order valence-electron chi connectivity index (χ1n) is 7.33. The summed E-state index contributed by atoms with van der Waals surface area (Å²) in [5.74, 6) is 1.87. The lowest BCUT2D eigenvalue weighted by atomic mass is 10.1. The Morgan fingerprint density at radius 1 is 1.32 bits per heavy atom. The van der Waals surface area contributed by atoms with Gasteiger partial charge in [0.2, 0.25) is 0 Å². The number of rotatable bonds is 4. The van der Waals surface area contributed by atoms with Crippen molar-refractivity contribution in [2.24, 2.45) is 5.73 Å². The van der Waals surface area contributed by atoms with Gasteiger partial charge in [0.15, 0.2) is 5.82 Å². The minimum atomic E-state index is -0.104. The van der Waals surface area contributed by atoms with Gasteiger partial charge >= 0.3 is 0 Å². The zero-order valence-electron chi connectivity index (χ0n) is 12.0. The fraction of sp³-hybridized carbons (Fsp3) is 0.786. The highest BCUT2D eigenvalue weighted by Gasteiger charge is 2.27. The molecule has 1 saturated heterocycles. The van der Waals surface area contributed by atoms with Crippen molar-refractivity contribution in [2.45, 2.75) is 38.1 Å². The molecule has 5 heteroatoms. The number of anilines is 1. The second-order valence-electron chi connectivity index (χ2n) is 6.71. The molecule has 3 N–H and O–H groups in total. The number of piperazine rings is 1. The largest absolute Gasteiger partial charge is 0.353 e. The van der Waals surface area contributed by atoms with Crippen LogP contribution in [0.15, 0.2) is 6.07 Å². The number of nitrogens with one attached hydrogen (secondary N) is 1. The molecule has 0 aromatic carbocycles. The maximum absolute atomic E-state index is 6.08. The second-order valence-corrected chi connectivity index (χ2v) is 6.71. The molecule has 0 unspecified atom stereocenters. The summed E-state index contributed by atoms with van der Waals surface area (Å²) in [6, 6.07) is 2.24. The van der Waals surface area contributed by atoms with Crippen molar-refractivity contribution < 1.29 is 0 Å². The van der Waals surface area contributed by atoms with E-state index in [0.29, 0.717) is 0 Å². The van der Waals surface area contributed by atoms with E-state index in [0.717, 1.165) is 44.5 Å². The Hall–Kier alpha value is -1.07. The van der Waals surface area contributed by atoms with Crippen LogP contribution in [0.5, 0.6) is 0 Å².